The van der Waals surface area contributed by atoms with Gasteiger partial charge in [0, 0.05) is 4.47 Å². The zero-order chi connectivity index (χ0) is 11.7. The van der Waals surface area contributed by atoms with Crippen molar-refractivity contribution in [2.75, 3.05) is 0 Å². The second kappa shape index (κ2) is 4.05. The Bertz CT molecular complexity index is 583. The highest BCUT2D eigenvalue weighted by atomic mass is 79.9. The van der Waals surface area contributed by atoms with Gasteiger partial charge in [0.05, 0.1) is 11.4 Å². The van der Waals surface area contributed by atoms with Crippen LogP contribution in [0.4, 0.5) is 5.69 Å². The molecule has 16 heavy (non-hydrogen) atoms. The van der Waals surface area contributed by atoms with E-state index in [1.165, 1.54) is 4.68 Å². The van der Waals surface area contributed by atoms with E-state index in [1.807, 2.05) is 12.1 Å². The lowest BCUT2D eigenvalue weighted by molar-refractivity contribution is 0.835. The number of rotatable bonds is 2. The van der Waals surface area contributed by atoms with Gasteiger partial charge in [0.1, 0.15) is 0 Å². The summed E-state index contributed by atoms with van der Waals surface area (Å²) in [7, 11) is 0. The van der Waals surface area contributed by atoms with Gasteiger partial charge in [-0.05, 0) is 36.4 Å². The first kappa shape index (κ1) is 10.8. The van der Waals surface area contributed by atoms with Gasteiger partial charge in [0.2, 0.25) is 0 Å². The number of aryl methyl sites for hydroxylation is 1. The average Bonchev–Trinajstić information content (AvgIpc) is 2.55. The minimum atomic E-state index is -0.435. The molecule has 0 bridgehead atoms. The molecule has 0 fully saturated rings. The van der Waals surface area contributed by atoms with Crippen LogP contribution in [0.3, 0.4) is 0 Å². The Morgan fingerprint density at radius 1 is 1.31 bits per heavy atom. The molecular formula is C10H8BrN3O2. The highest BCUT2D eigenvalue weighted by Crippen LogP contribution is 2.15. The highest BCUT2D eigenvalue weighted by Gasteiger charge is 2.12. The van der Waals surface area contributed by atoms with Crippen LogP contribution in [0.5, 0.6) is 0 Å². The summed E-state index contributed by atoms with van der Waals surface area (Å²) in [5.74, 6) is 0. The third kappa shape index (κ3) is 1.71. The predicted molar refractivity (Wildman–Crippen MR) is 64.3 cm³/mol. The molecule has 6 heteroatoms. The third-order valence-electron chi connectivity index (χ3n) is 2.22. The molecule has 0 amide bonds. The second-order valence-electron chi connectivity index (χ2n) is 3.29. The SMILES string of the molecule is Cc1[nH]n(-c2ccc(Br)cc2)c(=O)c1N=O. The highest BCUT2D eigenvalue weighted by molar-refractivity contribution is 9.10. The standard InChI is InChI=1S/C10H8BrN3O2/c1-6-9(13-16)10(15)14(12-6)8-4-2-7(11)3-5-8/h2-5,12H,1H3. The van der Waals surface area contributed by atoms with Gasteiger partial charge in [-0.2, -0.15) is 0 Å². The molecule has 1 heterocycles. The maximum absolute atomic E-state index is 11.7. The first-order valence-corrected chi connectivity index (χ1v) is 5.33. The maximum Gasteiger partial charge on any atom is 0.301 e. The van der Waals surface area contributed by atoms with Crippen LogP contribution in [0, 0.1) is 11.8 Å². The van der Waals surface area contributed by atoms with Crippen LogP contribution in [-0.2, 0) is 0 Å². The van der Waals surface area contributed by atoms with Crippen LogP contribution < -0.4 is 5.56 Å². The summed E-state index contributed by atoms with van der Waals surface area (Å²) >= 11 is 3.30. The number of hydrogen-bond acceptors (Lipinski definition) is 3. The number of benzene rings is 1. The number of nitrogens with zero attached hydrogens (tertiary/aromatic N) is 2. The number of hydrogen-bond donors (Lipinski definition) is 1. The van der Waals surface area contributed by atoms with E-state index >= 15 is 0 Å². The van der Waals surface area contributed by atoms with Gasteiger partial charge in [-0.3, -0.25) is 9.89 Å². The van der Waals surface area contributed by atoms with Crippen LogP contribution >= 0.6 is 15.9 Å². The summed E-state index contributed by atoms with van der Waals surface area (Å²) in [5, 5.41) is 5.50. The first-order valence-electron chi connectivity index (χ1n) is 4.54. The van der Waals surface area contributed by atoms with Crippen molar-refractivity contribution in [2.45, 2.75) is 6.92 Å². The molecule has 82 valence electrons. The molecule has 0 unspecified atom stereocenters. The molecule has 0 aliphatic heterocycles. The number of nitroso groups, excluding NO2 is 1. The van der Waals surface area contributed by atoms with Gasteiger partial charge >= 0.3 is 5.56 Å². The van der Waals surface area contributed by atoms with E-state index in [9.17, 15) is 9.70 Å². The molecule has 1 N–H and O–H groups in total. The van der Waals surface area contributed by atoms with Crippen molar-refractivity contribution in [3.63, 3.8) is 0 Å². The topological polar surface area (TPSA) is 67.2 Å². The fourth-order valence-corrected chi connectivity index (χ4v) is 1.68. The summed E-state index contributed by atoms with van der Waals surface area (Å²) in [5.41, 5.74) is 0.604. The number of aromatic nitrogens is 2. The van der Waals surface area contributed by atoms with Crippen molar-refractivity contribution in [2.24, 2.45) is 5.18 Å². The Morgan fingerprint density at radius 2 is 1.94 bits per heavy atom. The van der Waals surface area contributed by atoms with Crippen LogP contribution in [0.25, 0.3) is 5.69 Å². The molecule has 5 nitrogen and oxygen atoms in total. The zero-order valence-corrected chi connectivity index (χ0v) is 9.98. The molecule has 0 radical (unpaired) electrons. The van der Waals surface area contributed by atoms with E-state index in [-0.39, 0.29) is 5.69 Å². The van der Waals surface area contributed by atoms with Gasteiger partial charge in [-0.25, -0.2) is 4.68 Å². The van der Waals surface area contributed by atoms with Gasteiger partial charge in [-0.15, -0.1) is 4.91 Å². The molecule has 1 aromatic heterocycles. The van der Waals surface area contributed by atoms with Crippen molar-refractivity contribution in [1.82, 2.24) is 9.78 Å². The molecule has 0 aliphatic carbocycles. The largest absolute Gasteiger partial charge is 0.301 e. The van der Waals surface area contributed by atoms with Crippen molar-refractivity contribution >= 4 is 21.6 Å². The third-order valence-corrected chi connectivity index (χ3v) is 2.75. The average molecular weight is 282 g/mol. The summed E-state index contributed by atoms with van der Waals surface area (Å²) < 4.78 is 2.21. The Morgan fingerprint density at radius 3 is 2.44 bits per heavy atom. The lowest BCUT2D eigenvalue weighted by Crippen LogP contribution is -2.13. The van der Waals surface area contributed by atoms with E-state index in [2.05, 4.69) is 26.2 Å². The smallest absolute Gasteiger partial charge is 0.293 e. The number of aromatic amines is 1. The number of nitrogens with one attached hydrogen (secondary N) is 1. The minimum absolute atomic E-state index is 0.0806. The predicted octanol–water partition coefficient (Wildman–Crippen LogP) is 2.63. The van der Waals surface area contributed by atoms with Crippen molar-refractivity contribution in [1.29, 1.82) is 0 Å². The minimum Gasteiger partial charge on any atom is -0.293 e. The van der Waals surface area contributed by atoms with E-state index in [4.69, 9.17) is 0 Å². The van der Waals surface area contributed by atoms with Crippen LogP contribution in [0.15, 0.2) is 38.7 Å². The van der Waals surface area contributed by atoms with Crippen LogP contribution in [0.2, 0.25) is 0 Å². The normalized spacial score (nSPS) is 10.4. The van der Waals surface area contributed by atoms with E-state index < -0.39 is 5.56 Å². The Hall–Kier alpha value is -1.69. The summed E-state index contributed by atoms with van der Waals surface area (Å²) in [6.45, 7) is 1.63. The quantitative estimate of drug-likeness (QED) is 0.860. The molecule has 0 atom stereocenters. The zero-order valence-electron chi connectivity index (χ0n) is 8.40. The monoisotopic (exact) mass is 281 g/mol. The second-order valence-corrected chi connectivity index (χ2v) is 4.21. The Kier molecular flexibility index (Phi) is 2.74. The summed E-state index contributed by atoms with van der Waals surface area (Å²) in [6, 6.07) is 7.14. The molecule has 2 rings (SSSR count). The van der Waals surface area contributed by atoms with Crippen molar-refractivity contribution in [3.8, 4) is 5.69 Å². The summed E-state index contributed by atoms with van der Waals surface area (Å²) in [4.78, 5) is 22.2. The number of halogens is 1. The van der Waals surface area contributed by atoms with Crippen LogP contribution in [0.1, 0.15) is 5.69 Å². The molecule has 1 aromatic carbocycles. The molecule has 0 saturated heterocycles. The van der Waals surface area contributed by atoms with E-state index in [1.54, 1.807) is 19.1 Å². The lowest BCUT2D eigenvalue weighted by Gasteiger charge is -2.00. The Labute approximate surface area is 99.2 Å². The van der Waals surface area contributed by atoms with Crippen molar-refractivity contribution in [3.05, 3.63) is 49.7 Å². The molecular weight excluding hydrogens is 274 g/mol. The first-order chi connectivity index (χ1) is 7.63. The molecule has 2 aromatic rings. The molecule has 0 saturated carbocycles. The lowest BCUT2D eigenvalue weighted by atomic mass is 10.3. The van der Waals surface area contributed by atoms with Gasteiger partial charge in [-0.1, -0.05) is 15.9 Å². The maximum atomic E-state index is 11.7. The van der Waals surface area contributed by atoms with Crippen LogP contribution in [-0.4, -0.2) is 9.78 Å². The number of H-pyrrole nitrogens is 1. The van der Waals surface area contributed by atoms with Crippen molar-refractivity contribution < 1.29 is 0 Å². The fourth-order valence-electron chi connectivity index (χ4n) is 1.42. The Balaban J connectivity index is 2.61. The fraction of sp³-hybridized carbons (Fsp3) is 0.100. The van der Waals surface area contributed by atoms with Gasteiger partial charge in [0.25, 0.3) is 0 Å². The van der Waals surface area contributed by atoms with Gasteiger partial charge in [0.15, 0.2) is 5.69 Å². The summed E-state index contributed by atoms with van der Waals surface area (Å²) in [6.07, 6.45) is 0. The molecule has 0 aliphatic rings. The van der Waals surface area contributed by atoms with E-state index in [0.717, 1.165) is 4.47 Å². The molecule has 0 spiro atoms. The van der Waals surface area contributed by atoms with E-state index in [0.29, 0.717) is 11.4 Å². The van der Waals surface area contributed by atoms with Gasteiger partial charge < -0.3 is 0 Å².